The number of nitrogens with one attached hydrogen (secondary N) is 2. The van der Waals surface area contributed by atoms with Crippen molar-refractivity contribution in [2.24, 2.45) is 10.9 Å². The predicted octanol–water partition coefficient (Wildman–Crippen LogP) is 1.15. The van der Waals surface area contributed by atoms with Gasteiger partial charge >= 0.3 is 0 Å². The van der Waals surface area contributed by atoms with E-state index in [9.17, 15) is 0 Å². The Morgan fingerprint density at radius 3 is 2.75 bits per heavy atom. The molecule has 3 aliphatic heterocycles. The highest BCUT2D eigenvalue weighted by molar-refractivity contribution is 5.79. The highest BCUT2D eigenvalue weighted by atomic mass is 16.5. The van der Waals surface area contributed by atoms with E-state index in [0.717, 1.165) is 65.0 Å². The molecule has 0 amide bonds. The van der Waals surface area contributed by atoms with Gasteiger partial charge in [-0.3, -0.25) is 14.8 Å². The Balaban J connectivity index is 1.51. The van der Waals surface area contributed by atoms with E-state index in [2.05, 4.69) is 41.2 Å². The second kappa shape index (κ2) is 11.3. The molecule has 3 rings (SSSR count). The SMILES string of the molecule is CCNC(=NCC(CC(C)C)N1CCOCC1)NCC1CN2CCCC2CO1. The van der Waals surface area contributed by atoms with Crippen LogP contribution in [0, 0.1) is 5.92 Å². The lowest BCUT2D eigenvalue weighted by Crippen LogP contribution is -2.51. The average molecular weight is 396 g/mol. The third kappa shape index (κ3) is 6.58. The van der Waals surface area contributed by atoms with E-state index in [1.807, 2.05) is 0 Å². The minimum atomic E-state index is 0.254. The van der Waals surface area contributed by atoms with Crippen LogP contribution in [0.4, 0.5) is 0 Å². The van der Waals surface area contributed by atoms with Crippen molar-refractivity contribution in [2.75, 3.05) is 65.6 Å². The van der Waals surface area contributed by atoms with E-state index in [0.29, 0.717) is 18.0 Å². The Morgan fingerprint density at radius 1 is 1.18 bits per heavy atom. The minimum Gasteiger partial charge on any atom is -0.379 e. The van der Waals surface area contributed by atoms with Crippen LogP contribution in [0.1, 0.15) is 40.0 Å². The van der Waals surface area contributed by atoms with Gasteiger partial charge in [-0.05, 0) is 38.6 Å². The second-order valence-electron chi connectivity index (χ2n) is 8.78. The van der Waals surface area contributed by atoms with Crippen molar-refractivity contribution >= 4 is 5.96 Å². The number of hydrogen-bond acceptors (Lipinski definition) is 5. The summed E-state index contributed by atoms with van der Waals surface area (Å²) in [4.78, 5) is 10.1. The fourth-order valence-corrected chi connectivity index (χ4v) is 4.58. The molecule has 3 atom stereocenters. The minimum absolute atomic E-state index is 0.254. The molecule has 2 N–H and O–H groups in total. The first-order chi connectivity index (χ1) is 13.7. The van der Waals surface area contributed by atoms with Crippen LogP contribution in [0.5, 0.6) is 0 Å². The molecular formula is C21H41N5O2. The number of rotatable bonds is 8. The zero-order valence-corrected chi connectivity index (χ0v) is 18.2. The molecule has 3 fully saturated rings. The molecule has 3 saturated heterocycles. The van der Waals surface area contributed by atoms with Crippen molar-refractivity contribution in [1.82, 2.24) is 20.4 Å². The van der Waals surface area contributed by atoms with E-state index >= 15 is 0 Å². The van der Waals surface area contributed by atoms with Crippen molar-refractivity contribution in [1.29, 1.82) is 0 Å². The molecule has 3 heterocycles. The van der Waals surface area contributed by atoms with Crippen molar-refractivity contribution in [2.45, 2.75) is 58.2 Å². The third-order valence-corrected chi connectivity index (χ3v) is 6.07. The first-order valence-corrected chi connectivity index (χ1v) is 11.3. The molecule has 7 heteroatoms. The van der Waals surface area contributed by atoms with Crippen LogP contribution in [0.25, 0.3) is 0 Å². The Labute approximate surface area is 171 Å². The third-order valence-electron chi connectivity index (χ3n) is 6.07. The van der Waals surface area contributed by atoms with Gasteiger partial charge < -0.3 is 20.1 Å². The fraction of sp³-hybridized carbons (Fsp3) is 0.952. The summed E-state index contributed by atoms with van der Waals surface area (Å²) in [6, 6.07) is 1.14. The smallest absolute Gasteiger partial charge is 0.191 e. The van der Waals surface area contributed by atoms with Crippen molar-refractivity contribution in [3.8, 4) is 0 Å². The monoisotopic (exact) mass is 395 g/mol. The maximum atomic E-state index is 6.08. The molecule has 3 aliphatic rings. The normalized spacial score (nSPS) is 28.4. The highest BCUT2D eigenvalue weighted by Crippen LogP contribution is 2.22. The second-order valence-corrected chi connectivity index (χ2v) is 8.78. The van der Waals surface area contributed by atoms with Gasteiger partial charge in [-0.15, -0.1) is 0 Å². The van der Waals surface area contributed by atoms with E-state index in [-0.39, 0.29) is 6.10 Å². The zero-order valence-electron chi connectivity index (χ0n) is 18.2. The molecular weight excluding hydrogens is 354 g/mol. The maximum absolute atomic E-state index is 6.08. The van der Waals surface area contributed by atoms with Crippen LogP contribution in [0.3, 0.4) is 0 Å². The largest absolute Gasteiger partial charge is 0.379 e. The quantitative estimate of drug-likeness (QED) is 0.475. The summed E-state index contributed by atoms with van der Waals surface area (Å²) in [5.74, 6) is 1.58. The van der Waals surface area contributed by atoms with Crippen LogP contribution in [0.15, 0.2) is 4.99 Å². The summed E-state index contributed by atoms with van der Waals surface area (Å²) < 4.78 is 11.6. The Bertz CT molecular complexity index is 481. The van der Waals surface area contributed by atoms with Gasteiger partial charge in [0.1, 0.15) is 0 Å². The Morgan fingerprint density at radius 2 is 2.00 bits per heavy atom. The average Bonchev–Trinajstić information content (AvgIpc) is 3.17. The van der Waals surface area contributed by atoms with E-state index in [4.69, 9.17) is 14.5 Å². The highest BCUT2D eigenvalue weighted by Gasteiger charge is 2.32. The van der Waals surface area contributed by atoms with Crippen LogP contribution >= 0.6 is 0 Å². The predicted molar refractivity (Wildman–Crippen MR) is 114 cm³/mol. The van der Waals surface area contributed by atoms with Gasteiger partial charge in [0.15, 0.2) is 5.96 Å². The summed E-state index contributed by atoms with van der Waals surface area (Å²) in [7, 11) is 0. The maximum Gasteiger partial charge on any atom is 0.191 e. The van der Waals surface area contributed by atoms with Gasteiger partial charge in [-0.1, -0.05) is 13.8 Å². The molecule has 0 spiro atoms. The van der Waals surface area contributed by atoms with Crippen molar-refractivity contribution < 1.29 is 9.47 Å². The summed E-state index contributed by atoms with van der Waals surface area (Å²) in [5.41, 5.74) is 0. The molecule has 0 saturated carbocycles. The standard InChI is InChI=1S/C21H41N5O2/c1-4-22-21(24-14-20-15-26-7-5-6-18(26)16-28-20)23-13-19(12-17(2)3)25-8-10-27-11-9-25/h17-20H,4-16H2,1-3H3,(H2,22,23,24). The van der Waals surface area contributed by atoms with Gasteiger partial charge in [0, 0.05) is 44.8 Å². The van der Waals surface area contributed by atoms with E-state index in [1.54, 1.807) is 0 Å². The lowest BCUT2D eigenvalue weighted by atomic mass is 10.0. The first-order valence-electron chi connectivity index (χ1n) is 11.3. The molecule has 28 heavy (non-hydrogen) atoms. The Hall–Kier alpha value is -0.890. The van der Waals surface area contributed by atoms with E-state index < -0.39 is 0 Å². The molecule has 0 bridgehead atoms. The van der Waals surface area contributed by atoms with Gasteiger partial charge in [0.05, 0.1) is 32.5 Å². The van der Waals surface area contributed by atoms with Crippen molar-refractivity contribution in [3.05, 3.63) is 0 Å². The van der Waals surface area contributed by atoms with Crippen LogP contribution in [-0.2, 0) is 9.47 Å². The first kappa shape index (κ1) is 21.8. The number of hydrogen-bond donors (Lipinski definition) is 2. The molecule has 0 aromatic heterocycles. The van der Waals surface area contributed by atoms with Crippen LogP contribution in [0.2, 0.25) is 0 Å². The molecule has 7 nitrogen and oxygen atoms in total. The van der Waals surface area contributed by atoms with Gasteiger partial charge in [0.2, 0.25) is 0 Å². The molecule has 0 radical (unpaired) electrons. The fourth-order valence-electron chi connectivity index (χ4n) is 4.58. The van der Waals surface area contributed by atoms with Crippen molar-refractivity contribution in [3.63, 3.8) is 0 Å². The lowest BCUT2D eigenvalue weighted by Gasteiger charge is -2.35. The molecule has 0 aromatic rings. The number of fused-ring (bicyclic) bond motifs is 1. The van der Waals surface area contributed by atoms with E-state index in [1.165, 1.54) is 25.8 Å². The number of nitrogens with zero attached hydrogens (tertiary/aromatic N) is 3. The topological polar surface area (TPSA) is 61.4 Å². The van der Waals surface area contributed by atoms with Crippen LogP contribution < -0.4 is 10.6 Å². The Kier molecular flexibility index (Phi) is 8.83. The summed E-state index contributed by atoms with van der Waals surface area (Å²) in [6.45, 7) is 16.1. The number of aliphatic imine (C=N–C) groups is 1. The molecule has 162 valence electrons. The van der Waals surface area contributed by atoms with Gasteiger partial charge in [-0.25, -0.2) is 0 Å². The van der Waals surface area contributed by atoms with Gasteiger partial charge in [-0.2, -0.15) is 0 Å². The number of guanidine groups is 1. The van der Waals surface area contributed by atoms with Crippen LogP contribution in [-0.4, -0.2) is 99.6 Å². The molecule has 0 aromatic carbocycles. The number of ether oxygens (including phenoxy) is 2. The zero-order chi connectivity index (χ0) is 19.8. The lowest BCUT2D eigenvalue weighted by molar-refractivity contribution is -0.0453. The molecule has 0 aliphatic carbocycles. The van der Waals surface area contributed by atoms with Gasteiger partial charge in [0.25, 0.3) is 0 Å². The number of morpholine rings is 2. The molecule has 3 unspecified atom stereocenters. The summed E-state index contributed by atoms with van der Waals surface area (Å²) in [5, 5.41) is 6.93. The summed E-state index contributed by atoms with van der Waals surface area (Å²) in [6.07, 6.45) is 4.04. The summed E-state index contributed by atoms with van der Waals surface area (Å²) >= 11 is 0.